The molecule has 0 saturated carbocycles. The molecule has 4 heterocycles. The van der Waals surface area contributed by atoms with Gasteiger partial charge in [-0.2, -0.15) is 0 Å². The molecule has 3 fully saturated rings. The average Bonchev–Trinajstić information content (AvgIpc) is 2.85. The molecule has 5 rings (SSSR count). The van der Waals surface area contributed by atoms with E-state index in [1.54, 1.807) is 0 Å². The van der Waals surface area contributed by atoms with Crippen molar-refractivity contribution in [3.05, 3.63) is 41.4 Å². The second kappa shape index (κ2) is 6.11. The first-order valence-electron chi connectivity index (χ1n) is 8.20. The fourth-order valence-corrected chi connectivity index (χ4v) is 4.85. The van der Waals surface area contributed by atoms with E-state index >= 15 is 0 Å². The third-order valence-corrected chi connectivity index (χ3v) is 5.97. The number of nitrogens with zero attached hydrogens (tertiary/aromatic N) is 3. The largest absolute Gasteiger partial charge is 0.304 e. The number of aromatic nitrogens is 1. The first-order chi connectivity index (χ1) is 10.8. The van der Waals surface area contributed by atoms with Crippen molar-refractivity contribution in [2.75, 3.05) is 26.7 Å². The van der Waals surface area contributed by atoms with Gasteiger partial charge in [0.1, 0.15) is 5.01 Å². The summed E-state index contributed by atoms with van der Waals surface area (Å²) in [6.07, 6.45) is 4.85. The van der Waals surface area contributed by atoms with Crippen molar-refractivity contribution in [2.24, 2.45) is 5.92 Å². The summed E-state index contributed by atoms with van der Waals surface area (Å²) in [5.41, 5.74) is 1.23. The zero-order valence-corrected chi connectivity index (χ0v) is 13.9. The topological polar surface area (TPSA) is 19.4 Å². The van der Waals surface area contributed by atoms with Crippen LogP contribution in [0.5, 0.6) is 0 Å². The predicted molar refractivity (Wildman–Crippen MR) is 92.0 cm³/mol. The van der Waals surface area contributed by atoms with E-state index in [1.165, 1.54) is 42.9 Å². The van der Waals surface area contributed by atoms with E-state index < -0.39 is 0 Å². The van der Waals surface area contributed by atoms with Gasteiger partial charge >= 0.3 is 0 Å². The highest BCUT2D eigenvalue weighted by Crippen LogP contribution is 2.31. The molecule has 3 aliphatic heterocycles. The van der Waals surface area contributed by atoms with Crippen molar-refractivity contribution in [2.45, 2.75) is 25.4 Å². The van der Waals surface area contributed by atoms with Gasteiger partial charge in [0.15, 0.2) is 0 Å². The molecule has 116 valence electrons. The second-order valence-electron chi connectivity index (χ2n) is 6.75. The summed E-state index contributed by atoms with van der Waals surface area (Å²) in [5.74, 6) is 0.852. The van der Waals surface area contributed by atoms with Crippen LogP contribution in [0.15, 0.2) is 36.5 Å². The van der Waals surface area contributed by atoms with E-state index in [9.17, 15) is 0 Å². The molecule has 1 aromatic heterocycles. The minimum atomic E-state index is 0.728. The SMILES string of the molecule is CN1C[C@H]2CC[C@@H](C1)N(Cc1cnc(-c3ccccc3)s1)C2. The van der Waals surface area contributed by atoms with E-state index in [1.807, 2.05) is 11.3 Å². The van der Waals surface area contributed by atoms with Crippen LogP contribution in [0.2, 0.25) is 0 Å². The third kappa shape index (κ3) is 2.96. The van der Waals surface area contributed by atoms with E-state index in [0.29, 0.717) is 0 Å². The molecule has 3 nitrogen and oxygen atoms in total. The Kier molecular flexibility index (Phi) is 3.99. The highest BCUT2D eigenvalue weighted by atomic mass is 32.1. The number of benzene rings is 1. The smallest absolute Gasteiger partial charge is 0.123 e. The van der Waals surface area contributed by atoms with Gasteiger partial charge in [-0.15, -0.1) is 11.3 Å². The highest BCUT2D eigenvalue weighted by Gasteiger charge is 2.33. The standard InChI is InChI=1S/C18H23N3S/c1-20-10-14-7-8-16(12-20)21(11-14)13-17-9-19-18(22-17)15-5-3-2-4-6-15/h2-6,9,14,16H,7-8,10-13H2,1H3/t14-,16+/m1/s1. The number of likely N-dealkylation sites (N-methyl/N-ethyl adjacent to an activating group) is 1. The molecule has 0 amide bonds. The van der Waals surface area contributed by atoms with Gasteiger partial charge in [-0.1, -0.05) is 30.3 Å². The van der Waals surface area contributed by atoms with Crippen molar-refractivity contribution >= 4 is 11.3 Å². The third-order valence-electron chi connectivity index (χ3n) is 4.94. The normalized spacial score (nSPS) is 26.2. The lowest BCUT2D eigenvalue weighted by Crippen LogP contribution is -2.42. The number of hydrogen-bond donors (Lipinski definition) is 0. The summed E-state index contributed by atoms with van der Waals surface area (Å²) in [6.45, 7) is 4.82. The first-order valence-corrected chi connectivity index (χ1v) is 9.02. The molecule has 0 radical (unpaired) electrons. The summed E-state index contributed by atoms with van der Waals surface area (Å²) < 4.78 is 0. The fourth-order valence-electron chi connectivity index (χ4n) is 3.90. The second-order valence-corrected chi connectivity index (χ2v) is 7.86. The molecule has 4 heteroatoms. The Bertz CT molecular complexity index is 624. The van der Waals surface area contributed by atoms with Gasteiger partial charge in [-0.3, -0.25) is 4.90 Å². The summed E-state index contributed by atoms with van der Waals surface area (Å²) in [6, 6.07) is 11.2. The van der Waals surface area contributed by atoms with Crippen molar-refractivity contribution in [1.29, 1.82) is 0 Å². The molecule has 2 atom stereocenters. The van der Waals surface area contributed by atoms with Crippen molar-refractivity contribution < 1.29 is 0 Å². The maximum atomic E-state index is 4.63. The van der Waals surface area contributed by atoms with E-state index in [-0.39, 0.29) is 0 Å². The molecule has 2 bridgehead atoms. The molecule has 0 N–H and O–H groups in total. The van der Waals surface area contributed by atoms with Crippen LogP contribution >= 0.6 is 11.3 Å². The van der Waals surface area contributed by atoms with E-state index in [0.717, 1.165) is 23.5 Å². The van der Waals surface area contributed by atoms with Gasteiger partial charge in [0, 0.05) is 48.9 Å². The molecule has 22 heavy (non-hydrogen) atoms. The zero-order valence-electron chi connectivity index (χ0n) is 13.1. The van der Waals surface area contributed by atoms with Crippen LogP contribution in [0.1, 0.15) is 17.7 Å². The molecule has 3 aliphatic rings. The number of fused-ring (bicyclic) bond motifs is 4. The van der Waals surface area contributed by atoms with Crippen LogP contribution in [-0.2, 0) is 6.54 Å². The van der Waals surface area contributed by atoms with Crippen molar-refractivity contribution in [3.8, 4) is 10.6 Å². The Labute approximate surface area is 136 Å². The molecule has 1 aromatic carbocycles. The van der Waals surface area contributed by atoms with Crippen LogP contribution in [0.4, 0.5) is 0 Å². The molecule has 0 unspecified atom stereocenters. The Morgan fingerprint density at radius 3 is 2.86 bits per heavy atom. The Balaban J connectivity index is 1.49. The van der Waals surface area contributed by atoms with Gasteiger partial charge < -0.3 is 4.90 Å². The van der Waals surface area contributed by atoms with Gasteiger partial charge in [0.2, 0.25) is 0 Å². The predicted octanol–water partition coefficient (Wildman–Crippen LogP) is 3.34. The summed E-state index contributed by atoms with van der Waals surface area (Å²) in [4.78, 5) is 11.2. The minimum absolute atomic E-state index is 0.728. The Hall–Kier alpha value is -1.23. The zero-order chi connectivity index (χ0) is 14.9. The number of piperidine rings is 1. The average molecular weight is 313 g/mol. The lowest BCUT2D eigenvalue weighted by Gasteiger charge is -2.35. The molecule has 0 spiro atoms. The molecule has 2 aromatic rings. The van der Waals surface area contributed by atoms with Gasteiger partial charge in [-0.05, 0) is 25.8 Å². The Morgan fingerprint density at radius 1 is 1.14 bits per heavy atom. The molecular weight excluding hydrogens is 290 g/mol. The van der Waals surface area contributed by atoms with Crippen LogP contribution in [0.25, 0.3) is 10.6 Å². The van der Waals surface area contributed by atoms with Gasteiger partial charge in [0.25, 0.3) is 0 Å². The number of thiazole rings is 1. The van der Waals surface area contributed by atoms with E-state index in [2.05, 4.69) is 58.4 Å². The quantitative estimate of drug-likeness (QED) is 0.866. The fraction of sp³-hybridized carbons (Fsp3) is 0.500. The van der Waals surface area contributed by atoms with Crippen LogP contribution in [0.3, 0.4) is 0 Å². The number of hydrogen-bond acceptors (Lipinski definition) is 4. The van der Waals surface area contributed by atoms with Crippen LogP contribution in [-0.4, -0.2) is 47.5 Å². The Morgan fingerprint density at radius 2 is 2.00 bits per heavy atom. The summed E-state index contributed by atoms with van der Waals surface area (Å²) >= 11 is 1.85. The van der Waals surface area contributed by atoms with E-state index in [4.69, 9.17) is 0 Å². The monoisotopic (exact) mass is 313 g/mol. The van der Waals surface area contributed by atoms with Crippen LogP contribution < -0.4 is 0 Å². The molecule has 3 saturated heterocycles. The summed E-state index contributed by atoms with van der Waals surface area (Å²) in [5, 5.41) is 1.15. The van der Waals surface area contributed by atoms with Crippen LogP contribution in [0, 0.1) is 5.92 Å². The van der Waals surface area contributed by atoms with Gasteiger partial charge in [0.05, 0.1) is 0 Å². The first kappa shape index (κ1) is 14.4. The number of rotatable bonds is 3. The molecular formula is C18H23N3S. The maximum absolute atomic E-state index is 4.63. The summed E-state index contributed by atoms with van der Waals surface area (Å²) in [7, 11) is 2.27. The van der Waals surface area contributed by atoms with Crippen molar-refractivity contribution in [3.63, 3.8) is 0 Å². The maximum Gasteiger partial charge on any atom is 0.123 e. The highest BCUT2D eigenvalue weighted by molar-refractivity contribution is 7.15. The van der Waals surface area contributed by atoms with Crippen molar-refractivity contribution in [1.82, 2.24) is 14.8 Å². The lowest BCUT2D eigenvalue weighted by atomic mass is 9.95. The molecule has 0 aliphatic carbocycles. The van der Waals surface area contributed by atoms with Gasteiger partial charge in [-0.25, -0.2) is 4.98 Å². The lowest BCUT2D eigenvalue weighted by molar-refractivity contribution is 0.125. The minimum Gasteiger partial charge on any atom is -0.304 e.